The lowest BCUT2D eigenvalue weighted by Crippen LogP contribution is -2.53. The van der Waals surface area contributed by atoms with Crippen molar-refractivity contribution in [2.75, 3.05) is 26.2 Å². The number of amides is 2. The quantitative estimate of drug-likeness (QED) is 0.262. The van der Waals surface area contributed by atoms with Gasteiger partial charge in [-0.2, -0.15) is 4.31 Å². The van der Waals surface area contributed by atoms with Crippen LogP contribution in [0, 0.1) is 5.92 Å². The molecule has 2 aromatic carbocycles. The van der Waals surface area contributed by atoms with Gasteiger partial charge in [-0.15, -0.1) is 11.3 Å². The van der Waals surface area contributed by atoms with Crippen molar-refractivity contribution >= 4 is 66.5 Å². The Morgan fingerprint density at radius 2 is 1.70 bits per heavy atom. The second-order valence-corrected chi connectivity index (χ2v) is 15.6. The van der Waals surface area contributed by atoms with Gasteiger partial charge >= 0.3 is 0 Å². The molecule has 3 N–H and O–H groups in total. The fraction of sp³-hybridized carbons (Fsp3) is 0.484. The van der Waals surface area contributed by atoms with Gasteiger partial charge in [0.25, 0.3) is 5.91 Å². The number of benzene rings is 2. The summed E-state index contributed by atoms with van der Waals surface area (Å²) in [4.78, 5) is 27.0. The van der Waals surface area contributed by atoms with E-state index in [0.29, 0.717) is 29.9 Å². The Kier molecular flexibility index (Phi) is 10.7. The van der Waals surface area contributed by atoms with Crippen molar-refractivity contribution in [2.24, 2.45) is 5.92 Å². The zero-order valence-corrected chi connectivity index (χ0v) is 27.9. The first-order valence-corrected chi connectivity index (χ1v) is 18.0. The summed E-state index contributed by atoms with van der Waals surface area (Å²) in [5.74, 6) is -0.0682. The molecule has 0 unspecified atom stereocenters. The number of carbonyl (C=O) groups is 2. The summed E-state index contributed by atoms with van der Waals surface area (Å²) in [6.45, 7) is 6.11. The Hall–Kier alpha value is -2.41. The lowest BCUT2D eigenvalue weighted by atomic mass is 10.0. The van der Waals surface area contributed by atoms with Crippen LogP contribution in [-0.4, -0.2) is 68.9 Å². The van der Waals surface area contributed by atoms with Gasteiger partial charge in [0.2, 0.25) is 15.9 Å². The number of ether oxygens (including phenoxy) is 1. The number of halogens is 2. The van der Waals surface area contributed by atoms with Crippen molar-refractivity contribution < 1.29 is 22.7 Å². The molecular formula is C31H38Cl2N4O5S2. The van der Waals surface area contributed by atoms with Crippen molar-refractivity contribution in [3.8, 4) is 5.75 Å². The summed E-state index contributed by atoms with van der Waals surface area (Å²) in [7, 11) is -3.87. The molecule has 0 saturated carbocycles. The topological polar surface area (TPSA) is 117 Å². The maximum absolute atomic E-state index is 13.5. The van der Waals surface area contributed by atoms with Crippen LogP contribution in [0.15, 0.2) is 47.4 Å². The van der Waals surface area contributed by atoms with Gasteiger partial charge in [-0.05, 0) is 80.8 Å². The van der Waals surface area contributed by atoms with E-state index >= 15 is 0 Å². The van der Waals surface area contributed by atoms with Crippen LogP contribution in [0.4, 0.5) is 0 Å². The molecular weight excluding hydrogens is 643 g/mol. The predicted molar refractivity (Wildman–Crippen MR) is 175 cm³/mol. The van der Waals surface area contributed by atoms with Crippen LogP contribution in [0.1, 0.15) is 55.6 Å². The number of nitrogens with one attached hydrogen (secondary N) is 3. The van der Waals surface area contributed by atoms with E-state index in [9.17, 15) is 18.0 Å². The molecule has 2 aliphatic rings. The fourth-order valence-corrected chi connectivity index (χ4v) is 8.79. The maximum atomic E-state index is 13.5. The van der Waals surface area contributed by atoms with E-state index in [-0.39, 0.29) is 57.9 Å². The molecule has 5 rings (SSSR count). The van der Waals surface area contributed by atoms with E-state index in [1.807, 2.05) is 44.2 Å². The van der Waals surface area contributed by atoms with Crippen molar-refractivity contribution in [2.45, 2.75) is 69.0 Å². The molecule has 0 radical (unpaired) electrons. The monoisotopic (exact) mass is 680 g/mol. The normalized spacial score (nSPS) is 17.9. The summed E-state index contributed by atoms with van der Waals surface area (Å²) < 4.78 is 35.4. The number of rotatable bonds is 10. The van der Waals surface area contributed by atoms with Crippen molar-refractivity contribution in [3.63, 3.8) is 0 Å². The number of carbonyl (C=O) groups excluding carboxylic acids is 2. The molecule has 9 nitrogen and oxygen atoms in total. The predicted octanol–water partition coefficient (Wildman–Crippen LogP) is 5.45. The fourth-order valence-electron chi connectivity index (χ4n) is 5.60. The molecule has 13 heteroatoms. The maximum Gasteiger partial charge on any atom is 0.262 e. The van der Waals surface area contributed by atoms with Crippen LogP contribution in [0.25, 0.3) is 10.1 Å². The molecule has 2 aliphatic heterocycles. The number of thiophene rings is 1. The van der Waals surface area contributed by atoms with E-state index in [4.69, 9.17) is 27.9 Å². The number of fused-ring (bicyclic) bond motifs is 1. The van der Waals surface area contributed by atoms with E-state index < -0.39 is 16.1 Å². The molecule has 0 spiro atoms. The Labute approximate surface area is 272 Å². The Morgan fingerprint density at radius 3 is 2.34 bits per heavy atom. The number of hydrogen-bond donors (Lipinski definition) is 3. The molecule has 238 valence electrons. The minimum absolute atomic E-state index is 0.00796. The van der Waals surface area contributed by atoms with Crippen LogP contribution >= 0.6 is 34.5 Å². The first-order valence-electron chi connectivity index (χ1n) is 15.0. The highest BCUT2D eigenvalue weighted by Gasteiger charge is 2.33. The van der Waals surface area contributed by atoms with Gasteiger partial charge in [0.05, 0.1) is 19.8 Å². The smallest absolute Gasteiger partial charge is 0.262 e. The van der Waals surface area contributed by atoms with E-state index in [1.165, 1.54) is 27.8 Å². The molecule has 44 heavy (non-hydrogen) atoms. The summed E-state index contributed by atoms with van der Waals surface area (Å²) in [5.41, 5.74) is 0. The average Bonchev–Trinajstić information content (AvgIpc) is 3.44. The van der Waals surface area contributed by atoms with E-state index in [1.54, 1.807) is 0 Å². The van der Waals surface area contributed by atoms with E-state index in [0.717, 1.165) is 36.0 Å². The largest absolute Gasteiger partial charge is 0.487 e. The SMILES string of the molecule is CC(C)C[C@H](NC(=O)c1cc2ccccc2s1)C(=O)NC1CCN(S(=O)(=O)c2cc(Cl)c(OC3CCNCC3)c(Cl)c2)CC1. The number of piperidine rings is 2. The van der Waals surface area contributed by atoms with Gasteiger partial charge in [-0.1, -0.05) is 55.2 Å². The van der Waals surface area contributed by atoms with Crippen LogP contribution < -0.4 is 20.7 Å². The minimum atomic E-state index is -3.87. The van der Waals surface area contributed by atoms with Gasteiger partial charge in [0.15, 0.2) is 5.75 Å². The first kappa shape index (κ1) is 33.0. The lowest BCUT2D eigenvalue weighted by molar-refractivity contribution is -0.124. The zero-order chi connectivity index (χ0) is 31.4. The summed E-state index contributed by atoms with van der Waals surface area (Å²) >= 11 is 14.3. The molecule has 3 heterocycles. The standard InChI is InChI=1S/C31H38Cl2N4O5S2/c1-19(2)15-26(36-31(39)28-16-20-5-3-4-6-27(20)43-28)30(38)35-21-9-13-37(14-10-21)44(40,41)23-17-24(32)29(25(33)18-23)42-22-7-11-34-12-8-22/h3-6,16-19,21-22,26,34H,7-15H2,1-2H3,(H,35,38)(H,36,39)/t26-/m0/s1. The number of sulfonamides is 1. The molecule has 1 atom stereocenters. The number of nitrogens with zero attached hydrogens (tertiary/aromatic N) is 1. The Morgan fingerprint density at radius 1 is 1.05 bits per heavy atom. The van der Waals surface area contributed by atoms with E-state index in [2.05, 4.69) is 16.0 Å². The van der Waals surface area contributed by atoms with Gasteiger partial charge in [-0.3, -0.25) is 9.59 Å². The van der Waals surface area contributed by atoms with Crippen molar-refractivity contribution in [3.05, 3.63) is 57.4 Å². The average molecular weight is 682 g/mol. The van der Waals surface area contributed by atoms with Crippen LogP contribution in [0.2, 0.25) is 10.0 Å². The van der Waals surface area contributed by atoms with Crippen LogP contribution in [0.3, 0.4) is 0 Å². The highest BCUT2D eigenvalue weighted by atomic mass is 35.5. The first-order chi connectivity index (χ1) is 21.0. The van der Waals surface area contributed by atoms with Crippen LogP contribution in [-0.2, 0) is 14.8 Å². The molecule has 3 aromatic rings. The van der Waals surface area contributed by atoms with Crippen molar-refractivity contribution in [1.29, 1.82) is 0 Å². The third kappa shape index (κ3) is 7.86. The molecule has 2 amide bonds. The summed E-state index contributed by atoms with van der Waals surface area (Å²) in [6.07, 6.45) is 2.94. The van der Waals surface area contributed by atoms with Crippen molar-refractivity contribution in [1.82, 2.24) is 20.3 Å². The zero-order valence-electron chi connectivity index (χ0n) is 24.8. The van der Waals surface area contributed by atoms with Gasteiger partial charge in [-0.25, -0.2) is 8.42 Å². The highest BCUT2D eigenvalue weighted by Crippen LogP contribution is 2.38. The third-order valence-corrected chi connectivity index (χ3v) is 11.5. The third-order valence-electron chi connectivity index (χ3n) is 7.96. The molecule has 1 aromatic heterocycles. The molecule has 0 aliphatic carbocycles. The lowest BCUT2D eigenvalue weighted by Gasteiger charge is -2.33. The van der Waals surface area contributed by atoms with Crippen LogP contribution in [0.5, 0.6) is 5.75 Å². The second-order valence-electron chi connectivity index (χ2n) is 11.8. The minimum Gasteiger partial charge on any atom is -0.487 e. The van der Waals surface area contributed by atoms with Gasteiger partial charge in [0, 0.05) is 23.8 Å². The Balaban J connectivity index is 1.19. The highest BCUT2D eigenvalue weighted by molar-refractivity contribution is 7.89. The molecule has 0 bridgehead atoms. The second kappa shape index (κ2) is 14.3. The van der Waals surface area contributed by atoms with Gasteiger partial charge in [0.1, 0.15) is 12.1 Å². The van der Waals surface area contributed by atoms with Gasteiger partial charge < -0.3 is 20.7 Å². The summed E-state index contributed by atoms with van der Waals surface area (Å²) in [5, 5.41) is 10.5. The summed E-state index contributed by atoms with van der Waals surface area (Å²) in [6, 6.07) is 11.5. The molecule has 2 saturated heterocycles. The Bertz CT molecular complexity index is 1540. The number of hydrogen-bond acceptors (Lipinski definition) is 7. The molecule has 2 fully saturated rings.